The Hall–Kier alpha value is -1.16. The first-order valence-electron chi connectivity index (χ1n) is 6.69. The Kier molecular flexibility index (Phi) is 5.14. The number of hydrogen-bond donors (Lipinski definition) is 1. The van der Waals surface area contributed by atoms with Gasteiger partial charge >= 0.3 is 0 Å². The Morgan fingerprint density at radius 3 is 2.74 bits per heavy atom. The molecule has 1 amide bonds. The fourth-order valence-corrected chi connectivity index (χ4v) is 2.82. The maximum absolute atomic E-state index is 11.9. The fourth-order valence-electron chi connectivity index (χ4n) is 2.37. The van der Waals surface area contributed by atoms with Crippen LogP contribution in [0.1, 0.15) is 31.2 Å². The lowest BCUT2D eigenvalue weighted by Gasteiger charge is -2.20. The van der Waals surface area contributed by atoms with Crippen molar-refractivity contribution in [2.45, 2.75) is 32.1 Å². The molecular formula is C15H18BrNO2. The molecule has 1 N–H and O–H groups in total. The quantitative estimate of drug-likeness (QED) is 0.926. The molecule has 0 unspecified atom stereocenters. The van der Waals surface area contributed by atoms with Crippen LogP contribution >= 0.6 is 15.9 Å². The zero-order valence-electron chi connectivity index (χ0n) is 10.8. The molecule has 0 saturated heterocycles. The molecule has 4 heteroatoms. The highest BCUT2D eigenvalue weighted by atomic mass is 79.9. The largest absolute Gasteiger partial charge is 0.356 e. The standard InChI is InChI=1S/C15H18BrNO2/c16-13-3-1-2-11(10-13)8-9-17-15(19)12-4-6-14(18)7-5-12/h1-3,10,12H,4-9H2,(H,17,19). The minimum Gasteiger partial charge on any atom is -0.356 e. The first-order valence-corrected chi connectivity index (χ1v) is 7.48. The summed E-state index contributed by atoms with van der Waals surface area (Å²) in [5.74, 6) is 0.417. The number of carbonyl (C=O) groups is 2. The van der Waals surface area contributed by atoms with Crippen molar-refractivity contribution in [2.75, 3.05) is 6.54 Å². The van der Waals surface area contributed by atoms with Crippen LogP contribution in [-0.4, -0.2) is 18.2 Å². The highest BCUT2D eigenvalue weighted by Crippen LogP contribution is 2.21. The second-order valence-corrected chi connectivity index (χ2v) is 5.90. The van der Waals surface area contributed by atoms with Gasteiger partial charge in [0.05, 0.1) is 0 Å². The number of Topliss-reactive ketones (excluding diaryl/α,β-unsaturated/α-hetero) is 1. The Labute approximate surface area is 121 Å². The molecule has 19 heavy (non-hydrogen) atoms. The van der Waals surface area contributed by atoms with Gasteiger partial charge in [-0.15, -0.1) is 0 Å². The third kappa shape index (κ3) is 4.46. The molecule has 1 aliphatic rings. The average Bonchev–Trinajstić information content (AvgIpc) is 2.39. The number of carbonyl (C=O) groups excluding carboxylic acids is 2. The van der Waals surface area contributed by atoms with E-state index in [1.807, 2.05) is 12.1 Å². The summed E-state index contributed by atoms with van der Waals surface area (Å²) >= 11 is 3.43. The van der Waals surface area contributed by atoms with Crippen molar-refractivity contribution in [2.24, 2.45) is 5.92 Å². The molecule has 1 aromatic carbocycles. The van der Waals surface area contributed by atoms with E-state index in [0.717, 1.165) is 10.9 Å². The lowest BCUT2D eigenvalue weighted by molar-refractivity contribution is -0.128. The van der Waals surface area contributed by atoms with E-state index in [0.29, 0.717) is 32.2 Å². The highest BCUT2D eigenvalue weighted by Gasteiger charge is 2.24. The zero-order chi connectivity index (χ0) is 13.7. The number of rotatable bonds is 4. The third-order valence-corrected chi connectivity index (χ3v) is 4.01. The second-order valence-electron chi connectivity index (χ2n) is 4.98. The number of halogens is 1. The van der Waals surface area contributed by atoms with Gasteiger partial charge in [-0.25, -0.2) is 0 Å². The number of nitrogens with one attached hydrogen (secondary N) is 1. The summed E-state index contributed by atoms with van der Waals surface area (Å²) in [6.45, 7) is 0.653. The van der Waals surface area contributed by atoms with Gasteiger partial charge in [0.25, 0.3) is 0 Å². The second kappa shape index (κ2) is 6.85. The van der Waals surface area contributed by atoms with Crippen molar-refractivity contribution in [3.8, 4) is 0 Å². The summed E-state index contributed by atoms with van der Waals surface area (Å²) in [7, 11) is 0. The normalized spacial score (nSPS) is 16.4. The molecule has 0 atom stereocenters. The molecule has 1 saturated carbocycles. The van der Waals surface area contributed by atoms with Crippen LogP contribution in [0.25, 0.3) is 0 Å². The summed E-state index contributed by atoms with van der Waals surface area (Å²) in [5.41, 5.74) is 1.20. The zero-order valence-corrected chi connectivity index (χ0v) is 12.4. The third-order valence-electron chi connectivity index (χ3n) is 3.52. The van der Waals surface area contributed by atoms with Crippen molar-refractivity contribution in [3.05, 3.63) is 34.3 Å². The monoisotopic (exact) mass is 323 g/mol. The summed E-state index contributed by atoms with van der Waals surface area (Å²) in [6.07, 6.45) is 3.37. The van der Waals surface area contributed by atoms with Crippen molar-refractivity contribution < 1.29 is 9.59 Å². The van der Waals surface area contributed by atoms with Crippen LogP contribution in [0.2, 0.25) is 0 Å². The Morgan fingerprint density at radius 1 is 1.32 bits per heavy atom. The highest BCUT2D eigenvalue weighted by molar-refractivity contribution is 9.10. The van der Waals surface area contributed by atoms with Gasteiger partial charge in [-0.2, -0.15) is 0 Å². The topological polar surface area (TPSA) is 46.2 Å². The minimum atomic E-state index is 0.0280. The average molecular weight is 324 g/mol. The van der Waals surface area contributed by atoms with Gasteiger partial charge in [-0.1, -0.05) is 28.1 Å². The molecule has 1 fully saturated rings. The van der Waals surface area contributed by atoms with Crippen LogP contribution < -0.4 is 5.32 Å². The lowest BCUT2D eigenvalue weighted by atomic mass is 9.88. The summed E-state index contributed by atoms with van der Waals surface area (Å²) in [4.78, 5) is 23.1. The van der Waals surface area contributed by atoms with Crippen molar-refractivity contribution in [1.82, 2.24) is 5.32 Å². The first kappa shape index (κ1) is 14.3. The predicted octanol–water partition coefficient (Wildman–Crippen LogP) is 2.87. The summed E-state index contributed by atoms with van der Waals surface area (Å²) < 4.78 is 1.06. The maximum atomic E-state index is 11.9. The van der Waals surface area contributed by atoms with E-state index in [2.05, 4.69) is 33.4 Å². The Morgan fingerprint density at radius 2 is 2.05 bits per heavy atom. The fraction of sp³-hybridized carbons (Fsp3) is 0.467. The molecular weight excluding hydrogens is 306 g/mol. The van der Waals surface area contributed by atoms with Gasteiger partial charge in [0, 0.05) is 29.8 Å². The SMILES string of the molecule is O=C1CCC(C(=O)NCCc2cccc(Br)c2)CC1. The molecule has 2 rings (SSSR count). The van der Waals surface area contributed by atoms with Crippen LogP contribution in [0.15, 0.2) is 28.7 Å². The molecule has 0 spiro atoms. The lowest BCUT2D eigenvalue weighted by Crippen LogP contribution is -2.34. The molecule has 0 radical (unpaired) electrons. The summed E-state index contributed by atoms with van der Waals surface area (Å²) in [6, 6.07) is 8.09. The number of amides is 1. The molecule has 102 valence electrons. The van der Waals surface area contributed by atoms with Gasteiger partial charge in [-0.3, -0.25) is 9.59 Å². The van der Waals surface area contributed by atoms with Crippen LogP contribution in [0.3, 0.4) is 0 Å². The Bertz CT molecular complexity index is 463. The van der Waals surface area contributed by atoms with Gasteiger partial charge in [0.1, 0.15) is 5.78 Å². The molecule has 0 heterocycles. The molecule has 0 bridgehead atoms. The van der Waals surface area contributed by atoms with E-state index >= 15 is 0 Å². The Balaban J connectivity index is 1.73. The van der Waals surface area contributed by atoms with Gasteiger partial charge in [0.2, 0.25) is 5.91 Å². The molecule has 3 nitrogen and oxygen atoms in total. The number of hydrogen-bond acceptors (Lipinski definition) is 2. The molecule has 1 aliphatic carbocycles. The molecule has 1 aromatic rings. The van der Waals surface area contributed by atoms with E-state index in [-0.39, 0.29) is 17.6 Å². The van der Waals surface area contributed by atoms with Crippen LogP contribution in [0.4, 0.5) is 0 Å². The summed E-state index contributed by atoms with van der Waals surface area (Å²) in [5, 5.41) is 2.97. The molecule has 0 aromatic heterocycles. The van der Waals surface area contributed by atoms with Crippen molar-refractivity contribution in [3.63, 3.8) is 0 Å². The van der Waals surface area contributed by atoms with Gasteiger partial charge in [0.15, 0.2) is 0 Å². The van der Waals surface area contributed by atoms with Crippen LogP contribution in [0, 0.1) is 5.92 Å². The van der Waals surface area contributed by atoms with Crippen molar-refractivity contribution >= 4 is 27.6 Å². The smallest absolute Gasteiger partial charge is 0.223 e. The van der Waals surface area contributed by atoms with E-state index in [4.69, 9.17) is 0 Å². The van der Waals surface area contributed by atoms with Crippen molar-refractivity contribution in [1.29, 1.82) is 0 Å². The van der Waals surface area contributed by atoms with Crippen LogP contribution in [0.5, 0.6) is 0 Å². The number of ketones is 1. The van der Waals surface area contributed by atoms with E-state index in [9.17, 15) is 9.59 Å². The van der Waals surface area contributed by atoms with Crippen LogP contribution in [-0.2, 0) is 16.0 Å². The number of benzene rings is 1. The maximum Gasteiger partial charge on any atom is 0.223 e. The van der Waals surface area contributed by atoms with Gasteiger partial charge in [-0.05, 0) is 37.0 Å². The predicted molar refractivity (Wildman–Crippen MR) is 77.8 cm³/mol. The molecule has 0 aliphatic heterocycles. The van der Waals surface area contributed by atoms with Gasteiger partial charge < -0.3 is 5.32 Å². The van der Waals surface area contributed by atoms with E-state index < -0.39 is 0 Å². The van der Waals surface area contributed by atoms with E-state index in [1.165, 1.54) is 5.56 Å². The van der Waals surface area contributed by atoms with E-state index in [1.54, 1.807) is 0 Å². The first-order chi connectivity index (χ1) is 9.15. The minimum absolute atomic E-state index is 0.0280.